The minimum Gasteiger partial charge on any atom is -0.486 e. The van der Waals surface area contributed by atoms with E-state index in [1.807, 2.05) is 31.2 Å². The molecule has 3 aromatic rings. The topological polar surface area (TPSA) is 134 Å². The van der Waals surface area contributed by atoms with Crippen LogP contribution in [-0.4, -0.2) is 29.9 Å². The van der Waals surface area contributed by atoms with Crippen LogP contribution in [-0.2, 0) is 4.79 Å². The van der Waals surface area contributed by atoms with Crippen LogP contribution < -0.4 is 20.5 Å². The summed E-state index contributed by atoms with van der Waals surface area (Å²) in [7, 11) is 0. The number of nitrogens with zero attached hydrogens (tertiary/aromatic N) is 3. The van der Waals surface area contributed by atoms with Crippen molar-refractivity contribution in [2.24, 2.45) is 0 Å². The first-order chi connectivity index (χ1) is 16.5. The van der Waals surface area contributed by atoms with Gasteiger partial charge in [-0.25, -0.2) is 4.98 Å². The van der Waals surface area contributed by atoms with Crippen LogP contribution in [0.1, 0.15) is 23.1 Å². The zero-order chi connectivity index (χ0) is 24.1. The summed E-state index contributed by atoms with van der Waals surface area (Å²) in [4.78, 5) is 16.7. The minimum atomic E-state index is -0.192. The largest absolute Gasteiger partial charge is 0.486 e. The van der Waals surface area contributed by atoms with Gasteiger partial charge in [-0.05, 0) is 24.6 Å². The summed E-state index contributed by atoms with van der Waals surface area (Å²) in [6, 6.07) is 17.0. The number of fused-ring (bicyclic) bond motifs is 1. The van der Waals surface area contributed by atoms with Gasteiger partial charge in [0.1, 0.15) is 41.8 Å². The number of nitrogens with one attached hydrogen (secondary N) is 1. The second-order valence-electron chi connectivity index (χ2n) is 7.52. The van der Waals surface area contributed by atoms with Gasteiger partial charge in [-0.1, -0.05) is 29.8 Å². The summed E-state index contributed by atoms with van der Waals surface area (Å²) in [5.41, 5.74) is 9.33. The van der Waals surface area contributed by atoms with Crippen LogP contribution in [0.2, 0.25) is 0 Å². The van der Waals surface area contributed by atoms with Gasteiger partial charge < -0.3 is 20.5 Å². The third-order valence-corrected chi connectivity index (χ3v) is 6.13. The summed E-state index contributed by atoms with van der Waals surface area (Å²) in [5.74, 6) is 1.48. The molecule has 1 aliphatic rings. The Morgan fingerprint density at radius 2 is 1.79 bits per heavy atom. The number of nitrogens with two attached hydrogens (primary N) is 1. The first-order valence-corrected chi connectivity index (χ1v) is 11.5. The quantitative estimate of drug-likeness (QED) is 0.509. The summed E-state index contributed by atoms with van der Waals surface area (Å²) >= 11 is 1.25. The molecule has 1 aliphatic heterocycles. The Morgan fingerprint density at radius 1 is 1.09 bits per heavy atom. The van der Waals surface area contributed by atoms with Gasteiger partial charge in [0.2, 0.25) is 5.91 Å². The highest BCUT2D eigenvalue weighted by atomic mass is 32.2. The van der Waals surface area contributed by atoms with Crippen molar-refractivity contribution in [3.63, 3.8) is 0 Å². The average molecular weight is 472 g/mol. The van der Waals surface area contributed by atoms with Crippen LogP contribution >= 0.6 is 11.8 Å². The fraction of sp³-hybridized carbons (Fsp3) is 0.200. The highest BCUT2D eigenvalue weighted by Crippen LogP contribution is 2.36. The molecule has 2 heterocycles. The van der Waals surface area contributed by atoms with Gasteiger partial charge in [0.25, 0.3) is 0 Å². The molecule has 0 fully saturated rings. The first kappa shape index (κ1) is 23.0. The number of nitrogen functional groups attached to an aromatic ring is 1. The monoisotopic (exact) mass is 471 g/mol. The number of ether oxygens (including phenoxy) is 2. The third kappa shape index (κ3) is 4.90. The van der Waals surface area contributed by atoms with E-state index >= 15 is 0 Å². The van der Waals surface area contributed by atoms with Gasteiger partial charge in [-0.3, -0.25) is 4.79 Å². The third-order valence-electron chi connectivity index (χ3n) is 5.15. The maximum Gasteiger partial charge on any atom is 0.225 e. The summed E-state index contributed by atoms with van der Waals surface area (Å²) in [6.45, 7) is 2.92. The second kappa shape index (κ2) is 10.2. The molecule has 0 radical (unpaired) electrons. The number of rotatable bonds is 6. The van der Waals surface area contributed by atoms with Crippen LogP contribution in [0.4, 0.5) is 11.5 Å². The Hall–Kier alpha value is -4.21. The number of thioether (sulfide) groups is 1. The lowest BCUT2D eigenvalue weighted by Gasteiger charge is -2.19. The number of carbonyl (C=O) groups is 1. The van der Waals surface area contributed by atoms with Gasteiger partial charge >= 0.3 is 0 Å². The highest BCUT2D eigenvalue weighted by molar-refractivity contribution is 7.99. The van der Waals surface area contributed by atoms with Crippen molar-refractivity contribution in [1.29, 1.82) is 10.5 Å². The van der Waals surface area contributed by atoms with Gasteiger partial charge in [0.05, 0.1) is 5.56 Å². The number of pyridine rings is 1. The number of carbonyl (C=O) groups excluding carboxylic acids is 1. The zero-order valence-corrected chi connectivity index (χ0v) is 19.2. The van der Waals surface area contributed by atoms with Crippen molar-refractivity contribution in [2.45, 2.75) is 18.4 Å². The van der Waals surface area contributed by atoms with E-state index in [1.165, 1.54) is 11.8 Å². The maximum atomic E-state index is 12.5. The van der Waals surface area contributed by atoms with Crippen molar-refractivity contribution >= 4 is 29.2 Å². The van der Waals surface area contributed by atoms with Gasteiger partial charge in [-0.15, -0.1) is 11.8 Å². The number of aromatic nitrogens is 1. The lowest BCUT2D eigenvalue weighted by atomic mass is 9.96. The maximum absolute atomic E-state index is 12.5. The predicted molar refractivity (Wildman–Crippen MR) is 130 cm³/mol. The van der Waals surface area contributed by atoms with Crippen LogP contribution in [0.5, 0.6) is 11.5 Å². The van der Waals surface area contributed by atoms with Crippen LogP contribution in [0.3, 0.4) is 0 Å². The standard InChI is InChI=1S/C25H21N5O3S/c1-15-2-4-16(5-3-15)23-18(13-26)24(28)30-25(19(23)14-27)34-11-8-22(31)29-17-6-7-20-21(12-17)33-10-9-32-20/h2-7,12H,8-11H2,1H3,(H2,28,30)(H,29,31). The SMILES string of the molecule is Cc1ccc(-c2c(C#N)c(N)nc(SCCC(=O)Nc3ccc4c(c3)OCCO4)c2C#N)cc1. The van der Waals surface area contributed by atoms with E-state index in [1.54, 1.807) is 18.2 Å². The molecule has 0 saturated heterocycles. The molecule has 0 bridgehead atoms. The molecule has 9 heteroatoms. The van der Waals surface area contributed by atoms with Crippen molar-refractivity contribution in [3.05, 3.63) is 59.2 Å². The molecule has 4 rings (SSSR count). The number of benzene rings is 2. The number of hydrogen-bond acceptors (Lipinski definition) is 8. The summed E-state index contributed by atoms with van der Waals surface area (Å²) in [6.07, 6.45) is 0.186. The molecule has 170 valence electrons. The van der Waals surface area contributed by atoms with Crippen molar-refractivity contribution < 1.29 is 14.3 Å². The molecule has 0 spiro atoms. The zero-order valence-electron chi connectivity index (χ0n) is 18.4. The van der Waals surface area contributed by atoms with Gasteiger partial charge in [-0.2, -0.15) is 10.5 Å². The van der Waals surface area contributed by atoms with Crippen molar-refractivity contribution in [3.8, 4) is 34.8 Å². The van der Waals surface area contributed by atoms with E-state index in [2.05, 4.69) is 22.4 Å². The van der Waals surface area contributed by atoms with Crippen LogP contribution in [0, 0.1) is 29.6 Å². The van der Waals surface area contributed by atoms with E-state index in [0.29, 0.717) is 52.3 Å². The van der Waals surface area contributed by atoms with Crippen molar-refractivity contribution in [1.82, 2.24) is 4.98 Å². The van der Waals surface area contributed by atoms with Crippen molar-refractivity contribution in [2.75, 3.05) is 30.0 Å². The fourth-order valence-electron chi connectivity index (χ4n) is 3.50. The fourth-order valence-corrected chi connectivity index (χ4v) is 4.43. The number of nitriles is 2. The Bertz CT molecular complexity index is 1330. The smallest absolute Gasteiger partial charge is 0.225 e. The summed E-state index contributed by atoms with van der Waals surface area (Å²) < 4.78 is 11.0. The summed E-state index contributed by atoms with van der Waals surface area (Å²) in [5, 5.41) is 22.7. The molecule has 3 N–H and O–H groups in total. The minimum absolute atomic E-state index is 0.0558. The normalized spacial score (nSPS) is 11.9. The van der Waals surface area contributed by atoms with E-state index < -0.39 is 0 Å². The Labute approximate surface area is 201 Å². The van der Waals surface area contributed by atoms with Crippen LogP contribution in [0.15, 0.2) is 47.5 Å². The molecular weight excluding hydrogens is 450 g/mol. The van der Waals surface area contributed by atoms with E-state index in [0.717, 1.165) is 5.56 Å². The van der Waals surface area contributed by atoms with Gasteiger partial charge in [0.15, 0.2) is 11.5 Å². The molecule has 34 heavy (non-hydrogen) atoms. The number of aryl methyl sites for hydroxylation is 1. The number of hydrogen-bond donors (Lipinski definition) is 2. The Morgan fingerprint density at radius 3 is 2.50 bits per heavy atom. The Kier molecular flexibility index (Phi) is 6.86. The number of amides is 1. The molecular formula is C25H21N5O3S. The molecule has 0 aliphatic carbocycles. The molecule has 0 atom stereocenters. The highest BCUT2D eigenvalue weighted by Gasteiger charge is 2.21. The van der Waals surface area contributed by atoms with E-state index in [4.69, 9.17) is 15.2 Å². The lowest BCUT2D eigenvalue weighted by Crippen LogP contribution is -2.16. The number of anilines is 2. The molecule has 1 amide bonds. The molecule has 2 aromatic carbocycles. The van der Waals surface area contributed by atoms with Crippen LogP contribution in [0.25, 0.3) is 11.1 Å². The molecule has 1 aromatic heterocycles. The van der Waals surface area contributed by atoms with Gasteiger partial charge in [0, 0.05) is 29.5 Å². The van der Waals surface area contributed by atoms with E-state index in [9.17, 15) is 15.3 Å². The molecule has 8 nitrogen and oxygen atoms in total. The second-order valence-corrected chi connectivity index (χ2v) is 8.61. The molecule has 0 unspecified atom stereocenters. The predicted octanol–water partition coefficient (Wildman–Crippen LogP) is 4.27. The molecule has 0 saturated carbocycles. The first-order valence-electron chi connectivity index (χ1n) is 10.5. The lowest BCUT2D eigenvalue weighted by molar-refractivity contribution is -0.115. The average Bonchev–Trinajstić information content (AvgIpc) is 2.84. The van der Waals surface area contributed by atoms with E-state index in [-0.39, 0.29) is 29.3 Å². The Balaban J connectivity index is 1.49.